The van der Waals surface area contributed by atoms with Crippen LogP contribution in [0.5, 0.6) is 0 Å². The van der Waals surface area contributed by atoms with Crippen LogP contribution in [0.3, 0.4) is 0 Å². The summed E-state index contributed by atoms with van der Waals surface area (Å²) < 4.78 is 10.9. The number of hydrogen-bond acceptors (Lipinski definition) is 6. The highest BCUT2D eigenvalue weighted by Crippen LogP contribution is 2.23. The van der Waals surface area contributed by atoms with Crippen molar-refractivity contribution in [1.82, 2.24) is 15.1 Å². The largest absolute Gasteiger partial charge is 0.454 e. The monoisotopic (exact) mass is 373 g/mol. The second-order valence-electron chi connectivity index (χ2n) is 6.79. The van der Waals surface area contributed by atoms with E-state index in [2.05, 4.69) is 17.3 Å². The summed E-state index contributed by atoms with van der Waals surface area (Å²) in [6.07, 6.45) is 4.30. The van der Waals surface area contributed by atoms with Crippen LogP contribution in [0.2, 0.25) is 0 Å². The molecular formula is C19H23N3O5. The van der Waals surface area contributed by atoms with Crippen molar-refractivity contribution < 1.29 is 18.7 Å². The lowest BCUT2D eigenvalue weighted by molar-refractivity contribution is -0.149. The molecule has 1 aromatic heterocycles. The summed E-state index contributed by atoms with van der Waals surface area (Å²) in [6.45, 7) is 1.32. The summed E-state index contributed by atoms with van der Waals surface area (Å²) in [7, 11) is 0. The van der Waals surface area contributed by atoms with Gasteiger partial charge in [-0.25, -0.2) is 4.79 Å². The van der Waals surface area contributed by atoms with Crippen molar-refractivity contribution in [3.05, 3.63) is 40.9 Å². The van der Waals surface area contributed by atoms with Gasteiger partial charge in [0, 0.05) is 11.6 Å². The number of esters is 1. The van der Waals surface area contributed by atoms with E-state index < -0.39 is 18.3 Å². The fourth-order valence-corrected chi connectivity index (χ4v) is 3.20. The molecule has 27 heavy (non-hydrogen) atoms. The standard InChI is InChI=1S/C19H23N3O5/c1-13-7-5-6-10-15(13)20-16(23)12-26-17(24)11-22-19(25)27-18(21-22)14-8-3-2-4-9-14/h2-4,8-9,13,15H,5-7,10-12H2,1H3,(H,20,23)/t13-,15-/m1/s1. The van der Waals surface area contributed by atoms with Crippen molar-refractivity contribution in [2.45, 2.75) is 45.2 Å². The van der Waals surface area contributed by atoms with Crippen LogP contribution in [0.4, 0.5) is 0 Å². The van der Waals surface area contributed by atoms with Gasteiger partial charge in [0.15, 0.2) is 6.61 Å². The minimum absolute atomic E-state index is 0.122. The van der Waals surface area contributed by atoms with E-state index in [0.717, 1.165) is 23.9 Å². The molecule has 1 aromatic carbocycles. The predicted molar refractivity (Wildman–Crippen MR) is 96.7 cm³/mol. The molecule has 8 nitrogen and oxygen atoms in total. The van der Waals surface area contributed by atoms with Gasteiger partial charge in [0.25, 0.3) is 5.91 Å². The normalized spacial score (nSPS) is 19.4. The van der Waals surface area contributed by atoms with Crippen LogP contribution in [0, 0.1) is 5.92 Å². The Morgan fingerprint density at radius 1 is 1.26 bits per heavy atom. The summed E-state index contributed by atoms with van der Waals surface area (Å²) in [5.41, 5.74) is 0.627. The molecule has 3 rings (SSSR count). The molecular weight excluding hydrogens is 350 g/mol. The Morgan fingerprint density at radius 2 is 2.00 bits per heavy atom. The van der Waals surface area contributed by atoms with E-state index in [0.29, 0.717) is 11.5 Å². The molecule has 0 spiro atoms. The van der Waals surface area contributed by atoms with Crippen LogP contribution in [0.15, 0.2) is 39.5 Å². The zero-order valence-electron chi connectivity index (χ0n) is 15.2. The maximum absolute atomic E-state index is 12.0. The third kappa shape index (κ3) is 5.06. The first-order valence-corrected chi connectivity index (χ1v) is 9.11. The molecule has 1 N–H and O–H groups in total. The topological polar surface area (TPSA) is 103 Å². The predicted octanol–water partition coefficient (Wildman–Crippen LogP) is 1.74. The van der Waals surface area contributed by atoms with Crippen LogP contribution >= 0.6 is 0 Å². The number of benzene rings is 1. The number of nitrogens with one attached hydrogen (secondary N) is 1. The average Bonchev–Trinajstić information content (AvgIpc) is 3.03. The number of amides is 1. The first-order valence-electron chi connectivity index (χ1n) is 9.11. The van der Waals surface area contributed by atoms with Crippen molar-refractivity contribution in [3.8, 4) is 11.5 Å². The molecule has 0 unspecified atom stereocenters. The molecule has 1 amide bonds. The van der Waals surface area contributed by atoms with Gasteiger partial charge in [-0.1, -0.05) is 38.0 Å². The maximum Gasteiger partial charge on any atom is 0.437 e. The summed E-state index contributed by atoms with van der Waals surface area (Å²) in [5, 5.41) is 6.89. The quantitative estimate of drug-likeness (QED) is 0.774. The van der Waals surface area contributed by atoms with Crippen LogP contribution in [0.25, 0.3) is 11.5 Å². The second-order valence-corrected chi connectivity index (χ2v) is 6.79. The number of carbonyl (C=O) groups excluding carboxylic acids is 2. The molecule has 0 aliphatic heterocycles. The van der Waals surface area contributed by atoms with E-state index >= 15 is 0 Å². The minimum atomic E-state index is -0.758. The second kappa shape index (κ2) is 8.66. The number of ether oxygens (including phenoxy) is 1. The van der Waals surface area contributed by atoms with E-state index in [1.807, 2.05) is 6.07 Å². The summed E-state index contributed by atoms with van der Waals surface area (Å²) >= 11 is 0. The molecule has 2 aromatic rings. The van der Waals surface area contributed by atoms with Gasteiger partial charge < -0.3 is 14.5 Å². The molecule has 144 valence electrons. The van der Waals surface area contributed by atoms with Gasteiger partial charge >= 0.3 is 11.7 Å². The number of aromatic nitrogens is 2. The first kappa shape index (κ1) is 18.9. The summed E-state index contributed by atoms with van der Waals surface area (Å²) in [5.74, 6) is -1.27. The van der Waals surface area contributed by atoms with Crippen molar-refractivity contribution in [1.29, 1.82) is 0 Å². The van der Waals surface area contributed by atoms with E-state index in [-0.39, 0.29) is 24.4 Å². The Morgan fingerprint density at radius 3 is 2.74 bits per heavy atom. The molecule has 1 fully saturated rings. The molecule has 0 bridgehead atoms. The minimum Gasteiger partial charge on any atom is -0.454 e. The fraction of sp³-hybridized carbons (Fsp3) is 0.474. The lowest BCUT2D eigenvalue weighted by Gasteiger charge is -2.29. The highest BCUT2D eigenvalue weighted by atomic mass is 16.5. The van der Waals surface area contributed by atoms with Crippen LogP contribution in [0.1, 0.15) is 32.6 Å². The van der Waals surface area contributed by atoms with Gasteiger partial charge in [-0.15, -0.1) is 5.10 Å². The third-order valence-corrected chi connectivity index (χ3v) is 4.73. The zero-order valence-corrected chi connectivity index (χ0v) is 15.2. The Kier molecular flexibility index (Phi) is 6.05. The van der Waals surface area contributed by atoms with Gasteiger partial charge in [0.1, 0.15) is 6.54 Å². The van der Waals surface area contributed by atoms with Crippen LogP contribution in [-0.4, -0.2) is 34.3 Å². The number of nitrogens with zero attached hydrogens (tertiary/aromatic N) is 2. The van der Waals surface area contributed by atoms with Gasteiger partial charge in [0.05, 0.1) is 0 Å². The number of carbonyl (C=O) groups is 2. The highest BCUT2D eigenvalue weighted by molar-refractivity contribution is 5.80. The van der Waals surface area contributed by atoms with Crippen molar-refractivity contribution >= 4 is 11.9 Å². The number of rotatable bonds is 6. The van der Waals surface area contributed by atoms with Gasteiger partial charge in [-0.2, -0.15) is 4.68 Å². The van der Waals surface area contributed by atoms with E-state index in [1.54, 1.807) is 24.3 Å². The third-order valence-electron chi connectivity index (χ3n) is 4.73. The molecule has 2 atom stereocenters. The highest BCUT2D eigenvalue weighted by Gasteiger charge is 2.23. The summed E-state index contributed by atoms with van der Waals surface area (Å²) in [6, 6.07) is 9.00. The molecule has 1 aliphatic rings. The molecule has 0 radical (unpaired) electrons. The zero-order chi connectivity index (χ0) is 19.2. The van der Waals surface area contributed by atoms with E-state index in [4.69, 9.17) is 9.15 Å². The lowest BCUT2D eigenvalue weighted by Crippen LogP contribution is -2.43. The fourth-order valence-electron chi connectivity index (χ4n) is 3.20. The van der Waals surface area contributed by atoms with Crippen LogP contribution in [-0.2, 0) is 20.9 Å². The van der Waals surface area contributed by atoms with E-state index in [9.17, 15) is 14.4 Å². The molecule has 1 heterocycles. The molecule has 8 heteroatoms. The Bertz CT molecular complexity index is 843. The van der Waals surface area contributed by atoms with Gasteiger partial charge in [-0.3, -0.25) is 9.59 Å². The average molecular weight is 373 g/mol. The van der Waals surface area contributed by atoms with Crippen LogP contribution < -0.4 is 11.1 Å². The smallest absolute Gasteiger partial charge is 0.437 e. The lowest BCUT2D eigenvalue weighted by atomic mass is 9.86. The Labute approximate surface area is 156 Å². The van der Waals surface area contributed by atoms with E-state index in [1.165, 1.54) is 6.42 Å². The van der Waals surface area contributed by atoms with Crippen molar-refractivity contribution in [2.24, 2.45) is 5.92 Å². The first-order chi connectivity index (χ1) is 13.0. The van der Waals surface area contributed by atoms with Crippen molar-refractivity contribution in [3.63, 3.8) is 0 Å². The Hall–Kier alpha value is -2.90. The maximum atomic E-state index is 12.0. The molecule has 1 aliphatic carbocycles. The number of hydrogen-bond donors (Lipinski definition) is 1. The molecule has 1 saturated carbocycles. The van der Waals surface area contributed by atoms with Gasteiger partial charge in [0.2, 0.25) is 5.89 Å². The molecule has 0 saturated heterocycles. The SMILES string of the molecule is C[C@@H]1CCCC[C@H]1NC(=O)COC(=O)Cn1nc(-c2ccccc2)oc1=O. The summed E-state index contributed by atoms with van der Waals surface area (Å²) in [4.78, 5) is 35.7. The Balaban J connectivity index is 1.50. The van der Waals surface area contributed by atoms with Crippen molar-refractivity contribution in [2.75, 3.05) is 6.61 Å². The van der Waals surface area contributed by atoms with Gasteiger partial charge in [-0.05, 0) is 30.9 Å².